The van der Waals surface area contributed by atoms with Gasteiger partial charge in [-0.1, -0.05) is 13.8 Å². The van der Waals surface area contributed by atoms with Gasteiger partial charge in [-0.2, -0.15) is 4.98 Å². The fourth-order valence-electron chi connectivity index (χ4n) is 1.40. The summed E-state index contributed by atoms with van der Waals surface area (Å²) in [4.78, 5) is 7.86. The van der Waals surface area contributed by atoms with Gasteiger partial charge in [-0.15, -0.1) is 0 Å². The van der Waals surface area contributed by atoms with Gasteiger partial charge in [-0.05, 0) is 18.9 Å². The minimum atomic E-state index is -0.319. The molecule has 0 radical (unpaired) electrons. The molecule has 5 nitrogen and oxygen atoms in total. The second kappa shape index (κ2) is 4.93. The zero-order chi connectivity index (χ0) is 11.3. The maximum atomic E-state index is 9.37. The molecule has 0 aliphatic heterocycles. The third kappa shape index (κ3) is 2.79. The van der Waals surface area contributed by atoms with Gasteiger partial charge in [-0.3, -0.25) is 0 Å². The molecule has 0 atom stereocenters. The Bertz CT molecular complexity index is 304. The van der Waals surface area contributed by atoms with Crippen molar-refractivity contribution < 1.29 is 5.11 Å². The molecule has 5 heteroatoms. The normalized spacial score (nSPS) is 11.4. The number of nitrogens with one attached hydrogen (secondary N) is 1. The van der Waals surface area contributed by atoms with E-state index >= 15 is 0 Å². The maximum Gasteiger partial charge on any atom is 0.221 e. The van der Waals surface area contributed by atoms with E-state index < -0.39 is 0 Å². The summed E-state index contributed by atoms with van der Waals surface area (Å²) in [7, 11) is 0. The van der Waals surface area contributed by atoms with Crippen molar-refractivity contribution in [3.8, 4) is 0 Å². The van der Waals surface area contributed by atoms with Crippen LogP contribution in [-0.4, -0.2) is 27.2 Å². The molecule has 1 aromatic rings. The molecule has 0 bridgehead atoms. The Kier molecular flexibility index (Phi) is 3.85. The molecule has 15 heavy (non-hydrogen) atoms. The van der Waals surface area contributed by atoms with Crippen LogP contribution in [0.4, 0.5) is 11.8 Å². The predicted molar refractivity (Wildman–Crippen MR) is 60.5 cm³/mol. The van der Waals surface area contributed by atoms with E-state index in [4.69, 9.17) is 5.73 Å². The lowest BCUT2D eigenvalue weighted by atomic mass is 9.94. The quantitative estimate of drug-likeness (QED) is 0.675. The number of aliphatic hydroxyl groups is 1. The zero-order valence-electron chi connectivity index (χ0n) is 9.20. The summed E-state index contributed by atoms with van der Waals surface area (Å²) in [5.74, 6) is 0.888. The van der Waals surface area contributed by atoms with E-state index in [-0.39, 0.29) is 18.1 Å². The first-order chi connectivity index (χ1) is 7.15. The third-order valence-corrected chi connectivity index (χ3v) is 2.72. The Morgan fingerprint density at radius 3 is 2.60 bits per heavy atom. The number of hydrogen-bond acceptors (Lipinski definition) is 5. The first kappa shape index (κ1) is 11.7. The van der Waals surface area contributed by atoms with E-state index in [0.717, 1.165) is 12.8 Å². The van der Waals surface area contributed by atoms with Crippen LogP contribution in [0.3, 0.4) is 0 Å². The highest BCUT2D eigenvalue weighted by molar-refractivity contribution is 5.40. The van der Waals surface area contributed by atoms with Crippen LogP contribution in [0.5, 0.6) is 0 Å². The monoisotopic (exact) mass is 210 g/mol. The van der Waals surface area contributed by atoms with Crippen LogP contribution >= 0.6 is 0 Å². The molecule has 0 aliphatic rings. The summed E-state index contributed by atoms with van der Waals surface area (Å²) in [5.41, 5.74) is 5.16. The Balaban J connectivity index is 2.82. The Morgan fingerprint density at radius 2 is 2.13 bits per heavy atom. The van der Waals surface area contributed by atoms with E-state index in [2.05, 4.69) is 15.3 Å². The Labute approximate surface area is 89.7 Å². The molecule has 0 saturated carbocycles. The molecular formula is C10H18N4O. The van der Waals surface area contributed by atoms with Gasteiger partial charge >= 0.3 is 0 Å². The first-order valence-corrected chi connectivity index (χ1v) is 5.13. The molecule has 84 valence electrons. The van der Waals surface area contributed by atoms with Gasteiger partial charge in [0.25, 0.3) is 0 Å². The van der Waals surface area contributed by atoms with E-state index in [1.54, 1.807) is 12.3 Å². The highest BCUT2D eigenvalue weighted by Crippen LogP contribution is 2.20. The van der Waals surface area contributed by atoms with Gasteiger partial charge < -0.3 is 16.2 Å². The van der Waals surface area contributed by atoms with Gasteiger partial charge in [0.15, 0.2) is 0 Å². The topological polar surface area (TPSA) is 84.1 Å². The van der Waals surface area contributed by atoms with E-state index in [9.17, 15) is 5.11 Å². The molecular weight excluding hydrogens is 192 g/mol. The second-order valence-electron chi connectivity index (χ2n) is 3.57. The number of nitrogen functional groups attached to an aromatic ring is 1. The van der Waals surface area contributed by atoms with Crippen molar-refractivity contribution in [3.63, 3.8) is 0 Å². The highest BCUT2D eigenvalue weighted by atomic mass is 16.3. The van der Waals surface area contributed by atoms with Crippen LogP contribution in [0.1, 0.15) is 26.7 Å². The van der Waals surface area contributed by atoms with Crippen molar-refractivity contribution in [2.24, 2.45) is 0 Å². The molecule has 0 unspecified atom stereocenters. The summed E-state index contributed by atoms with van der Waals surface area (Å²) >= 11 is 0. The average Bonchev–Trinajstić information content (AvgIpc) is 2.26. The largest absolute Gasteiger partial charge is 0.394 e. The number of anilines is 2. The fourth-order valence-corrected chi connectivity index (χ4v) is 1.40. The van der Waals surface area contributed by atoms with Crippen LogP contribution in [0.25, 0.3) is 0 Å². The smallest absolute Gasteiger partial charge is 0.221 e. The van der Waals surface area contributed by atoms with Gasteiger partial charge in [0.1, 0.15) is 5.82 Å². The lowest BCUT2D eigenvalue weighted by Gasteiger charge is -2.31. The molecule has 0 saturated heterocycles. The van der Waals surface area contributed by atoms with E-state index in [0.29, 0.717) is 5.82 Å². The predicted octanol–water partition coefficient (Wildman–Crippen LogP) is 1.02. The molecule has 1 rings (SSSR count). The number of rotatable bonds is 5. The molecule has 0 aliphatic carbocycles. The number of hydrogen-bond donors (Lipinski definition) is 3. The van der Waals surface area contributed by atoms with Crippen molar-refractivity contribution >= 4 is 11.8 Å². The first-order valence-electron chi connectivity index (χ1n) is 5.13. The van der Waals surface area contributed by atoms with Crippen LogP contribution in [0, 0.1) is 0 Å². The number of nitrogens with two attached hydrogens (primary N) is 1. The summed E-state index contributed by atoms with van der Waals surface area (Å²) in [5, 5.41) is 12.6. The van der Waals surface area contributed by atoms with Gasteiger partial charge in [0.05, 0.1) is 12.1 Å². The van der Waals surface area contributed by atoms with Crippen molar-refractivity contribution in [3.05, 3.63) is 12.3 Å². The van der Waals surface area contributed by atoms with Crippen LogP contribution in [-0.2, 0) is 0 Å². The van der Waals surface area contributed by atoms with E-state index in [1.165, 1.54) is 0 Å². The molecule has 1 heterocycles. The zero-order valence-corrected chi connectivity index (χ0v) is 9.20. The fraction of sp³-hybridized carbons (Fsp3) is 0.600. The summed E-state index contributed by atoms with van der Waals surface area (Å²) in [6, 6.07) is 1.74. The number of aromatic nitrogens is 2. The van der Waals surface area contributed by atoms with Crippen molar-refractivity contribution in [2.75, 3.05) is 17.7 Å². The molecule has 0 spiro atoms. The number of aliphatic hydroxyl groups excluding tert-OH is 1. The van der Waals surface area contributed by atoms with Crippen molar-refractivity contribution in [2.45, 2.75) is 32.2 Å². The molecule has 0 aromatic carbocycles. The minimum Gasteiger partial charge on any atom is -0.394 e. The van der Waals surface area contributed by atoms with Crippen molar-refractivity contribution in [1.29, 1.82) is 0 Å². The molecule has 0 fully saturated rings. The highest BCUT2D eigenvalue weighted by Gasteiger charge is 2.25. The average molecular weight is 210 g/mol. The summed E-state index contributed by atoms with van der Waals surface area (Å²) < 4.78 is 0. The maximum absolute atomic E-state index is 9.37. The molecule has 1 aromatic heterocycles. The van der Waals surface area contributed by atoms with Gasteiger partial charge in [0.2, 0.25) is 5.95 Å². The van der Waals surface area contributed by atoms with Gasteiger partial charge in [-0.25, -0.2) is 4.98 Å². The number of nitrogens with zero attached hydrogens (tertiary/aromatic N) is 2. The Morgan fingerprint density at radius 1 is 1.47 bits per heavy atom. The lowest BCUT2D eigenvalue weighted by molar-refractivity contribution is 0.202. The van der Waals surface area contributed by atoms with Gasteiger partial charge in [0, 0.05) is 6.20 Å². The summed E-state index contributed by atoms with van der Waals surface area (Å²) in [6.07, 6.45) is 3.24. The third-order valence-electron chi connectivity index (χ3n) is 2.72. The second-order valence-corrected chi connectivity index (χ2v) is 3.57. The molecule has 0 amide bonds. The van der Waals surface area contributed by atoms with Crippen LogP contribution in [0.15, 0.2) is 12.3 Å². The minimum absolute atomic E-state index is 0.0733. The SMILES string of the molecule is CCC(CC)(CO)Nc1ccnc(N)n1. The van der Waals surface area contributed by atoms with Crippen LogP contribution < -0.4 is 11.1 Å². The van der Waals surface area contributed by atoms with Crippen molar-refractivity contribution in [1.82, 2.24) is 9.97 Å². The lowest BCUT2D eigenvalue weighted by Crippen LogP contribution is -2.41. The standard InChI is InChI=1S/C10H18N4O/c1-3-10(4-2,7-15)14-8-5-6-12-9(11)13-8/h5-6,15H,3-4,7H2,1-2H3,(H3,11,12,13,14). The summed E-state index contributed by atoms with van der Waals surface area (Å²) in [6.45, 7) is 4.12. The molecule has 4 N–H and O–H groups in total. The Hall–Kier alpha value is -1.36. The van der Waals surface area contributed by atoms with E-state index in [1.807, 2.05) is 13.8 Å². The van der Waals surface area contributed by atoms with Crippen LogP contribution in [0.2, 0.25) is 0 Å².